The van der Waals surface area contributed by atoms with Crippen LogP contribution in [0.3, 0.4) is 0 Å². The molecule has 0 aliphatic rings. The maximum Gasteiger partial charge on any atom is 0.147 e. The minimum atomic E-state index is 0.833. The summed E-state index contributed by atoms with van der Waals surface area (Å²) in [7, 11) is 0. The molecule has 0 unspecified atom stereocenters. The van der Waals surface area contributed by atoms with Crippen LogP contribution in [0.25, 0.3) is 120 Å². The van der Waals surface area contributed by atoms with E-state index in [0.717, 1.165) is 60.4 Å². The van der Waals surface area contributed by atoms with E-state index in [1.807, 2.05) is 0 Å². The highest BCUT2D eigenvalue weighted by molar-refractivity contribution is 6.25. The molecule has 2 heteroatoms. The van der Waals surface area contributed by atoms with Gasteiger partial charge in [0.2, 0.25) is 0 Å². The van der Waals surface area contributed by atoms with Crippen LogP contribution >= 0.6 is 0 Å². The molecule has 0 aliphatic carbocycles. The van der Waals surface area contributed by atoms with E-state index in [1.54, 1.807) is 0 Å². The van der Waals surface area contributed by atoms with Gasteiger partial charge in [0, 0.05) is 21.5 Å². The Morgan fingerprint density at radius 1 is 0.259 bits per heavy atom. The van der Waals surface area contributed by atoms with Gasteiger partial charge in [-0.2, -0.15) is 0 Å². The summed E-state index contributed by atoms with van der Waals surface area (Å²) < 4.78 is 13.2. The van der Waals surface area contributed by atoms with Gasteiger partial charge in [0.25, 0.3) is 0 Å². The second kappa shape index (κ2) is 11.2. The second-order valence-corrected chi connectivity index (χ2v) is 14.4. The molecular formula is C52H30O2. The molecule has 250 valence electrons. The first kappa shape index (κ1) is 29.4. The Kier molecular flexibility index (Phi) is 6.09. The van der Waals surface area contributed by atoms with Crippen molar-refractivity contribution in [3.63, 3.8) is 0 Å². The first-order chi connectivity index (χ1) is 26.8. The molecule has 0 atom stereocenters. The summed E-state index contributed by atoms with van der Waals surface area (Å²) in [5.41, 5.74) is 10.7. The molecule has 0 N–H and O–H groups in total. The average Bonchev–Trinajstić information content (AvgIpc) is 3.81. The summed E-state index contributed by atoms with van der Waals surface area (Å²) in [6.07, 6.45) is 0. The quantitative estimate of drug-likeness (QED) is 0.173. The lowest BCUT2D eigenvalue weighted by Crippen LogP contribution is -1.91. The van der Waals surface area contributed by atoms with Crippen LogP contribution in [0.1, 0.15) is 0 Å². The van der Waals surface area contributed by atoms with Crippen LogP contribution in [-0.2, 0) is 0 Å². The van der Waals surface area contributed by atoms with Gasteiger partial charge in [-0.1, -0.05) is 146 Å². The number of rotatable bonds is 3. The molecule has 0 bridgehead atoms. The molecule has 54 heavy (non-hydrogen) atoms. The smallest absolute Gasteiger partial charge is 0.147 e. The number of hydrogen-bond donors (Lipinski definition) is 0. The molecule has 12 rings (SSSR count). The third-order valence-corrected chi connectivity index (χ3v) is 11.4. The average molecular weight is 687 g/mol. The third kappa shape index (κ3) is 4.22. The first-order valence-corrected chi connectivity index (χ1v) is 18.5. The Morgan fingerprint density at radius 2 is 0.778 bits per heavy atom. The van der Waals surface area contributed by atoms with Gasteiger partial charge in [-0.25, -0.2) is 0 Å². The minimum Gasteiger partial charge on any atom is -0.456 e. The predicted octanol–water partition coefficient (Wildman–Crippen LogP) is 15.1. The summed E-state index contributed by atoms with van der Waals surface area (Å²) in [5.74, 6) is 0. The third-order valence-electron chi connectivity index (χ3n) is 11.4. The fourth-order valence-corrected chi connectivity index (χ4v) is 8.93. The van der Waals surface area contributed by atoms with Gasteiger partial charge in [-0.05, 0) is 107 Å². The van der Waals surface area contributed by atoms with Gasteiger partial charge < -0.3 is 8.83 Å². The van der Waals surface area contributed by atoms with Crippen molar-refractivity contribution in [2.24, 2.45) is 0 Å². The Balaban J connectivity index is 0.983. The highest BCUT2D eigenvalue weighted by Crippen LogP contribution is 2.45. The fraction of sp³-hybridized carbons (Fsp3) is 0. The fourth-order valence-electron chi connectivity index (χ4n) is 8.93. The van der Waals surface area contributed by atoms with Crippen LogP contribution in [-0.4, -0.2) is 0 Å². The Bertz CT molecular complexity index is 3430. The molecule has 2 aromatic heterocycles. The van der Waals surface area contributed by atoms with Crippen LogP contribution in [0.15, 0.2) is 191 Å². The van der Waals surface area contributed by atoms with Crippen molar-refractivity contribution in [1.82, 2.24) is 0 Å². The molecule has 0 saturated heterocycles. The molecule has 0 fully saturated rings. The van der Waals surface area contributed by atoms with Gasteiger partial charge in [0.1, 0.15) is 22.3 Å². The summed E-state index contributed by atoms with van der Waals surface area (Å²) in [6, 6.07) is 65.7. The highest BCUT2D eigenvalue weighted by atomic mass is 16.3. The standard InChI is InChI=1S/C52H30O2/c1-2-11-35-29-37(22-19-31(35)9-1)49-41-15-7-5-13-39(41)48(40-14-6-8-16-42(40)49)34-20-17-32(18-21-34)36-24-26-45-47(30-36)53-46-28-27-44-43-25-23-33-10-3-4-12-38(33)51(43)54-52(44)50(45)46/h1-30H. The van der Waals surface area contributed by atoms with Crippen molar-refractivity contribution in [1.29, 1.82) is 0 Å². The Morgan fingerprint density at radius 3 is 1.52 bits per heavy atom. The van der Waals surface area contributed by atoms with E-state index in [0.29, 0.717) is 0 Å². The van der Waals surface area contributed by atoms with E-state index in [4.69, 9.17) is 8.83 Å². The summed E-state index contributed by atoms with van der Waals surface area (Å²) in [4.78, 5) is 0. The van der Waals surface area contributed by atoms with Crippen molar-refractivity contribution in [3.8, 4) is 33.4 Å². The summed E-state index contributed by atoms with van der Waals surface area (Å²) in [6.45, 7) is 0. The van der Waals surface area contributed by atoms with Crippen molar-refractivity contribution in [3.05, 3.63) is 182 Å². The van der Waals surface area contributed by atoms with E-state index >= 15 is 0 Å². The van der Waals surface area contributed by atoms with Crippen LogP contribution in [0.5, 0.6) is 0 Å². The zero-order chi connectivity index (χ0) is 35.3. The molecule has 0 aliphatic heterocycles. The van der Waals surface area contributed by atoms with Crippen molar-refractivity contribution in [2.45, 2.75) is 0 Å². The van der Waals surface area contributed by atoms with E-state index in [1.165, 1.54) is 60.0 Å². The molecule has 0 amide bonds. The largest absolute Gasteiger partial charge is 0.456 e. The summed E-state index contributed by atoms with van der Waals surface area (Å²) >= 11 is 0. The molecule has 12 aromatic rings. The van der Waals surface area contributed by atoms with Crippen molar-refractivity contribution >= 4 is 87.0 Å². The van der Waals surface area contributed by atoms with Gasteiger partial charge in [0.05, 0.1) is 5.39 Å². The van der Waals surface area contributed by atoms with Crippen LogP contribution in [0.4, 0.5) is 0 Å². The molecule has 0 saturated carbocycles. The van der Waals surface area contributed by atoms with Crippen LogP contribution in [0.2, 0.25) is 0 Å². The highest BCUT2D eigenvalue weighted by Gasteiger charge is 2.19. The lowest BCUT2D eigenvalue weighted by atomic mass is 9.85. The number of fused-ring (bicyclic) bond motifs is 12. The Hall–Kier alpha value is -7.16. The monoisotopic (exact) mass is 686 g/mol. The lowest BCUT2D eigenvalue weighted by molar-refractivity contribution is 0.664. The minimum absolute atomic E-state index is 0.833. The van der Waals surface area contributed by atoms with E-state index < -0.39 is 0 Å². The van der Waals surface area contributed by atoms with Crippen molar-refractivity contribution < 1.29 is 8.83 Å². The number of furan rings is 2. The maximum absolute atomic E-state index is 6.67. The van der Waals surface area contributed by atoms with Crippen LogP contribution in [0, 0.1) is 0 Å². The molecule has 0 spiro atoms. The first-order valence-electron chi connectivity index (χ1n) is 18.5. The topological polar surface area (TPSA) is 26.3 Å². The molecular weight excluding hydrogens is 657 g/mol. The van der Waals surface area contributed by atoms with Crippen LogP contribution < -0.4 is 0 Å². The molecule has 2 heterocycles. The van der Waals surface area contributed by atoms with Gasteiger partial charge in [-0.3, -0.25) is 0 Å². The lowest BCUT2D eigenvalue weighted by Gasteiger charge is -2.18. The number of hydrogen-bond acceptors (Lipinski definition) is 2. The maximum atomic E-state index is 6.67. The zero-order valence-electron chi connectivity index (χ0n) is 29.1. The van der Waals surface area contributed by atoms with E-state index in [2.05, 4.69) is 182 Å². The van der Waals surface area contributed by atoms with Gasteiger partial charge in [-0.15, -0.1) is 0 Å². The van der Waals surface area contributed by atoms with E-state index in [-0.39, 0.29) is 0 Å². The van der Waals surface area contributed by atoms with Gasteiger partial charge >= 0.3 is 0 Å². The molecule has 0 radical (unpaired) electrons. The second-order valence-electron chi connectivity index (χ2n) is 14.4. The molecule has 10 aromatic carbocycles. The SMILES string of the molecule is c1ccc2cc(-c3c4ccccc4c(-c4ccc(-c5ccc6c(c5)oc5ccc7c8ccc9ccccc9c8oc7c56)cc4)c4ccccc34)ccc2c1. The number of benzene rings is 10. The van der Waals surface area contributed by atoms with Crippen molar-refractivity contribution in [2.75, 3.05) is 0 Å². The van der Waals surface area contributed by atoms with E-state index in [9.17, 15) is 0 Å². The van der Waals surface area contributed by atoms with Gasteiger partial charge in [0.15, 0.2) is 0 Å². The molecule has 2 nitrogen and oxygen atoms in total. The zero-order valence-corrected chi connectivity index (χ0v) is 29.1. The summed E-state index contributed by atoms with van der Waals surface area (Å²) in [5, 5.41) is 14.1. The Labute approximate surface area is 310 Å². The normalized spacial score (nSPS) is 12.1. The predicted molar refractivity (Wildman–Crippen MR) is 227 cm³/mol.